The van der Waals surface area contributed by atoms with Gasteiger partial charge in [-0.2, -0.15) is 0 Å². The molecule has 0 spiro atoms. The van der Waals surface area contributed by atoms with Crippen LogP contribution in [0.25, 0.3) is 0 Å². The standard InChI is InChI=1S/C17H10Cl3F5O3/c18-8-4-10(20)11(5-9(8)19)27-3-1-2-12(26)28-6-7-13(21)15(23)17(25)16(24)14(7)22/h4-5H,1-3,6H2. The summed E-state index contributed by atoms with van der Waals surface area (Å²) in [6.07, 6.45) is -0.124. The summed E-state index contributed by atoms with van der Waals surface area (Å²) in [7, 11) is 0. The maximum Gasteiger partial charge on any atom is 0.306 e. The summed E-state index contributed by atoms with van der Waals surface area (Å²) in [5.74, 6) is -11.3. The van der Waals surface area contributed by atoms with Crippen molar-refractivity contribution in [3.63, 3.8) is 0 Å². The van der Waals surface area contributed by atoms with Crippen molar-refractivity contribution in [2.45, 2.75) is 19.4 Å². The molecule has 2 aromatic rings. The minimum atomic E-state index is -2.29. The molecular formula is C17H10Cl3F5O3. The van der Waals surface area contributed by atoms with Crippen molar-refractivity contribution >= 4 is 40.8 Å². The lowest BCUT2D eigenvalue weighted by Crippen LogP contribution is -2.12. The molecule has 0 aliphatic carbocycles. The first-order valence-corrected chi connectivity index (χ1v) is 8.70. The molecule has 152 valence electrons. The number of carbonyl (C=O) groups is 1. The highest BCUT2D eigenvalue weighted by atomic mass is 35.5. The summed E-state index contributed by atoms with van der Waals surface area (Å²) in [5, 5.41) is 0.641. The third-order valence-electron chi connectivity index (χ3n) is 3.44. The molecular weight excluding hydrogens is 454 g/mol. The first kappa shape index (κ1) is 22.5. The van der Waals surface area contributed by atoms with Gasteiger partial charge in [0.25, 0.3) is 0 Å². The fraction of sp³-hybridized carbons (Fsp3) is 0.235. The molecule has 0 radical (unpaired) electrons. The van der Waals surface area contributed by atoms with E-state index in [1.807, 2.05) is 0 Å². The van der Waals surface area contributed by atoms with Gasteiger partial charge in [0.05, 0.1) is 27.2 Å². The van der Waals surface area contributed by atoms with Gasteiger partial charge in [-0.15, -0.1) is 0 Å². The van der Waals surface area contributed by atoms with Gasteiger partial charge in [0.1, 0.15) is 12.4 Å². The molecule has 0 aliphatic heterocycles. The summed E-state index contributed by atoms with van der Waals surface area (Å²) in [6.45, 7) is -1.10. The van der Waals surface area contributed by atoms with Crippen LogP contribution in [0.3, 0.4) is 0 Å². The monoisotopic (exact) mass is 462 g/mol. The Morgan fingerprint density at radius 1 is 0.821 bits per heavy atom. The first-order valence-electron chi connectivity index (χ1n) is 7.56. The summed E-state index contributed by atoms with van der Waals surface area (Å²) in [6, 6.07) is 2.76. The van der Waals surface area contributed by atoms with E-state index in [2.05, 4.69) is 4.74 Å². The topological polar surface area (TPSA) is 35.5 Å². The Kier molecular flexibility index (Phi) is 7.74. The van der Waals surface area contributed by atoms with Crippen LogP contribution in [0.4, 0.5) is 22.0 Å². The lowest BCUT2D eigenvalue weighted by molar-refractivity contribution is -0.145. The summed E-state index contributed by atoms with van der Waals surface area (Å²) >= 11 is 17.5. The highest BCUT2D eigenvalue weighted by Gasteiger charge is 2.26. The third-order valence-corrected chi connectivity index (χ3v) is 4.45. The van der Waals surface area contributed by atoms with Crippen LogP contribution < -0.4 is 4.74 Å². The first-order chi connectivity index (χ1) is 13.1. The van der Waals surface area contributed by atoms with Crippen LogP contribution in [0.5, 0.6) is 5.75 Å². The second-order valence-electron chi connectivity index (χ2n) is 5.36. The van der Waals surface area contributed by atoms with Crippen molar-refractivity contribution in [3.05, 3.63) is 61.9 Å². The number of halogens is 8. The molecule has 28 heavy (non-hydrogen) atoms. The van der Waals surface area contributed by atoms with E-state index in [-0.39, 0.29) is 40.3 Å². The molecule has 0 bridgehead atoms. The molecule has 3 nitrogen and oxygen atoms in total. The quantitative estimate of drug-likeness (QED) is 0.160. The Hall–Kier alpha value is -1.77. The number of ether oxygens (including phenoxy) is 2. The second kappa shape index (κ2) is 9.62. The van der Waals surface area contributed by atoms with Gasteiger partial charge in [0, 0.05) is 12.5 Å². The Morgan fingerprint density at radius 2 is 1.36 bits per heavy atom. The Morgan fingerprint density at radius 3 is 1.96 bits per heavy atom. The van der Waals surface area contributed by atoms with Gasteiger partial charge in [0.15, 0.2) is 23.3 Å². The van der Waals surface area contributed by atoms with E-state index in [0.717, 1.165) is 0 Å². The lowest BCUT2D eigenvalue weighted by Gasteiger charge is -2.10. The van der Waals surface area contributed by atoms with Crippen molar-refractivity contribution in [1.29, 1.82) is 0 Å². The average Bonchev–Trinajstić information content (AvgIpc) is 2.65. The van der Waals surface area contributed by atoms with Gasteiger partial charge >= 0.3 is 5.97 Å². The Balaban J connectivity index is 1.85. The van der Waals surface area contributed by atoms with Crippen LogP contribution in [0.15, 0.2) is 12.1 Å². The summed E-state index contributed by atoms with van der Waals surface area (Å²) in [5.41, 5.74) is -1.23. The molecule has 0 saturated heterocycles. The van der Waals surface area contributed by atoms with Crippen LogP contribution >= 0.6 is 34.8 Å². The predicted molar refractivity (Wildman–Crippen MR) is 92.2 cm³/mol. The van der Waals surface area contributed by atoms with E-state index >= 15 is 0 Å². The van der Waals surface area contributed by atoms with Crippen molar-refractivity contribution < 1.29 is 36.2 Å². The van der Waals surface area contributed by atoms with E-state index in [9.17, 15) is 26.7 Å². The minimum Gasteiger partial charge on any atom is -0.492 e. The second-order valence-corrected chi connectivity index (χ2v) is 6.58. The maximum absolute atomic E-state index is 13.5. The molecule has 2 aromatic carbocycles. The summed E-state index contributed by atoms with van der Waals surface area (Å²) in [4.78, 5) is 11.6. The third kappa shape index (κ3) is 5.18. The van der Waals surface area contributed by atoms with E-state index in [0.29, 0.717) is 0 Å². The smallest absolute Gasteiger partial charge is 0.306 e. The molecule has 2 rings (SSSR count). The van der Waals surface area contributed by atoms with E-state index < -0.39 is 47.2 Å². The van der Waals surface area contributed by atoms with Gasteiger partial charge < -0.3 is 9.47 Å². The number of carbonyl (C=O) groups excluding carboxylic acids is 1. The normalized spacial score (nSPS) is 10.9. The molecule has 0 fully saturated rings. The molecule has 0 aromatic heterocycles. The van der Waals surface area contributed by atoms with Crippen molar-refractivity contribution in [1.82, 2.24) is 0 Å². The van der Waals surface area contributed by atoms with Crippen molar-refractivity contribution in [3.8, 4) is 5.75 Å². The van der Waals surface area contributed by atoms with Gasteiger partial charge in [-0.25, -0.2) is 22.0 Å². The molecule has 0 N–H and O–H groups in total. The van der Waals surface area contributed by atoms with Crippen molar-refractivity contribution in [2.75, 3.05) is 6.61 Å². The number of hydrogen-bond donors (Lipinski definition) is 0. The minimum absolute atomic E-state index is 0.00923. The average molecular weight is 464 g/mol. The van der Waals surface area contributed by atoms with Crippen LogP contribution in [0, 0.1) is 29.1 Å². The zero-order valence-electron chi connectivity index (χ0n) is 13.7. The molecule has 0 amide bonds. The van der Waals surface area contributed by atoms with Gasteiger partial charge in [0.2, 0.25) is 5.82 Å². The number of esters is 1. The Bertz CT molecular complexity index is 879. The fourth-order valence-corrected chi connectivity index (χ4v) is 2.61. The zero-order valence-corrected chi connectivity index (χ0v) is 16.0. The number of hydrogen-bond acceptors (Lipinski definition) is 3. The molecule has 0 aliphatic rings. The largest absolute Gasteiger partial charge is 0.492 e. The van der Waals surface area contributed by atoms with Crippen LogP contribution in [0.2, 0.25) is 15.1 Å². The van der Waals surface area contributed by atoms with Crippen LogP contribution in [-0.4, -0.2) is 12.6 Å². The van der Waals surface area contributed by atoms with E-state index in [1.54, 1.807) is 0 Å². The molecule has 0 heterocycles. The zero-order chi connectivity index (χ0) is 21.0. The fourth-order valence-electron chi connectivity index (χ4n) is 2.02. The highest BCUT2D eigenvalue weighted by Crippen LogP contribution is 2.34. The van der Waals surface area contributed by atoms with Gasteiger partial charge in [-0.3, -0.25) is 4.79 Å². The van der Waals surface area contributed by atoms with E-state index in [4.69, 9.17) is 39.5 Å². The van der Waals surface area contributed by atoms with Crippen LogP contribution in [-0.2, 0) is 16.1 Å². The Labute approximate surface area is 170 Å². The van der Waals surface area contributed by atoms with Crippen molar-refractivity contribution in [2.24, 2.45) is 0 Å². The van der Waals surface area contributed by atoms with Gasteiger partial charge in [-0.1, -0.05) is 34.8 Å². The number of rotatable bonds is 7. The number of benzene rings is 2. The van der Waals surface area contributed by atoms with Crippen LogP contribution in [0.1, 0.15) is 18.4 Å². The molecule has 11 heteroatoms. The summed E-state index contributed by atoms with van der Waals surface area (Å²) < 4.78 is 75.9. The molecule has 0 saturated carbocycles. The molecule has 0 unspecified atom stereocenters. The predicted octanol–water partition coefficient (Wildman–Crippen LogP) is 6.24. The van der Waals surface area contributed by atoms with Gasteiger partial charge in [-0.05, 0) is 12.5 Å². The SMILES string of the molecule is O=C(CCCOc1cc(Cl)c(Cl)cc1Cl)OCc1c(F)c(F)c(F)c(F)c1F. The van der Waals surface area contributed by atoms with E-state index in [1.165, 1.54) is 12.1 Å². The highest BCUT2D eigenvalue weighted by molar-refractivity contribution is 6.43. The molecule has 0 atom stereocenters. The maximum atomic E-state index is 13.5. The lowest BCUT2D eigenvalue weighted by atomic mass is 10.2.